The molecule has 0 amide bonds. The normalized spacial score (nSPS) is 17.3. The summed E-state index contributed by atoms with van der Waals surface area (Å²) in [4.78, 5) is 0. The molecule has 0 spiro atoms. The maximum absolute atomic E-state index is 9.14. The van der Waals surface area contributed by atoms with Gasteiger partial charge < -0.3 is 15.5 Å². The third kappa shape index (κ3) is 4.39. The average molecular weight is 133 g/mol. The van der Waals surface area contributed by atoms with Gasteiger partial charge in [0.2, 0.25) is 0 Å². The van der Waals surface area contributed by atoms with Gasteiger partial charge in [-0.15, -0.1) is 0 Å². The van der Waals surface area contributed by atoms with Crippen LogP contribution in [-0.2, 0) is 0 Å². The summed E-state index contributed by atoms with van der Waals surface area (Å²) in [6.07, 6.45) is 0. The van der Waals surface area contributed by atoms with E-state index in [1.54, 1.807) is 6.92 Å². The van der Waals surface area contributed by atoms with Gasteiger partial charge in [0.05, 0.1) is 12.2 Å². The Hall–Kier alpha value is -0.120. The van der Waals surface area contributed by atoms with Crippen LogP contribution in [0, 0.1) is 0 Å². The Morgan fingerprint density at radius 2 is 2.11 bits per heavy atom. The van der Waals surface area contributed by atoms with Gasteiger partial charge in [-0.2, -0.15) is 0 Å². The minimum absolute atomic E-state index is 0.194. The van der Waals surface area contributed by atoms with Crippen molar-refractivity contribution in [2.75, 3.05) is 19.7 Å². The number of aliphatic hydroxyl groups excluding tert-OH is 1. The fourth-order valence-electron chi connectivity index (χ4n) is 0.450. The van der Waals surface area contributed by atoms with E-state index in [0.717, 1.165) is 6.54 Å². The van der Waals surface area contributed by atoms with Gasteiger partial charge in [0.15, 0.2) is 0 Å². The maximum Gasteiger partial charge on any atom is 0.0972 e. The van der Waals surface area contributed by atoms with E-state index in [0.29, 0.717) is 6.54 Å². The van der Waals surface area contributed by atoms with Crippen LogP contribution in [0.2, 0.25) is 0 Å². The van der Waals surface area contributed by atoms with E-state index >= 15 is 0 Å². The zero-order valence-corrected chi connectivity index (χ0v) is 6.02. The SMILES string of the molecule is CCNCC(C)(O)CO. The molecule has 9 heavy (non-hydrogen) atoms. The summed E-state index contributed by atoms with van der Waals surface area (Å²) in [5, 5.41) is 20.6. The van der Waals surface area contributed by atoms with Crippen molar-refractivity contribution in [1.29, 1.82) is 0 Å². The minimum Gasteiger partial charge on any atom is -0.393 e. The molecular weight excluding hydrogens is 118 g/mol. The molecule has 0 heterocycles. The molecule has 0 aliphatic carbocycles. The number of nitrogens with one attached hydrogen (secondary N) is 1. The molecule has 3 heteroatoms. The molecule has 0 aromatic rings. The first-order valence-electron chi connectivity index (χ1n) is 3.16. The molecule has 0 fully saturated rings. The lowest BCUT2D eigenvalue weighted by molar-refractivity contribution is 0.00319. The van der Waals surface area contributed by atoms with Crippen molar-refractivity contribution in [3.05, 3.63) is 0 Å². The monoisotopic (exact) mass is 133 g/mol. The van der Waals surface area contributed by atoms with E-state index in [-0.39, 0.29) is 6.61 Å². The molecule has 0 bridgehead atoms. The molecule has 3 nitrogen and oxygen atoms in total. The summed E-state index contributed by atoms with van der Waals surface area (Å²) in [5.74, 6) is 0. The third-order valence-corrected chi connectivity index (χ3v) is 1.10. The second kappa shape index (κ2) is 3.82. The Bertz CT molecular complexity index is 73.5. The number of aliphatic hydroxyl groups is 2. The Labute approximate surface area is 55.7 Å². The number of hydrogen-bond acceptors (Lipinski definition) is 3. The molecule has 0 saturated carbocycles. The highest BCUT2D eigenvalue weighted by molar-refractivity contribution is 4.72. The quantitative estimate of drug-likeness (QED) is 0.477. The fourth-order valence-corrected chi connectivity index (χ4v) is 0.450. The molecule has 56 valence electrons. The van der Waals surface area contributed by atoms with Crippen LogP contribution in [0.4, 0.5) is 0 Å². The fraction of sp³-hybridized carbons (Fsp3) is 1.00. The number of likely N-dealkylation sites (N-methyl/N-ethyl adjacent to an activating group) is 1. The Morgan fingerprint density at radius 3 is 2.44 bits per heavy atom. The van der Waals surface area contributed by atoms with Gasteiger partial charge >= 0.3 is 0 Å². The minimum atomic E-state index is -0.962. The van der Waals surface area contributed by atoms with Crippen molar-refractivity contribution in [3.63, 3.8) is 0 Å². The second-order valence-corrected chi connectivity index (χ2v) is 2.44. The lowest BCUT2D eigenvalue weighted by atomic mass is 10.1. The van der Waals surface area contributed by atoms with Crippen molar-refractivity contribution in [3.8, 4) is 0 Å². The lowest BCUT2D eigenvalue weighted by Crippen LogP contribution is -2.40. The average Bonchev–Trinajstić information content (AvgIpc) is 1.84. The van der Waals surface area contributed by atoms with Crippen LogP contribution in [0.15, 0.2) is 0 Å². The van der Waals surface area contributed by atoms with Crippen LogP contribution in [0.3, 0.4) is 0 Å². The predicted octanol–water partition coefficient (Wildman–Crippen LogP) is -0.661. The highest BCUT2D eigenvalue weighted by Gasteiger charge is 2.16. The smallest absolute Gasteiger partial charge is 0.0972 e. The van der Waals surface area contributed by atoms with Gasteiger partial charge in [-0.1, -0.05) is 6.92 Å². The molecule has 0 aliphatic heterocycles. The standard InChI is InChI=1S/C6H15NO2/c1-3-7-4-6(2,9)5-8/h7-9H,3-5H2,1-2H3. The molecule has 1 unspecified atom stereocenters. The molecule has 0 aliphatic rings. The van der Waals surface area contributed by atoms with Crippen LogP contribution in [0.25, 0.3) is 0 Å². The lowest BCUT2D eigenvalue weighted by Gasteiger charge is -2.19. The van der Waals surface area contributed by atoms with Crippen LogP contribution in [-0.4, -0.2) is 35.5 Å². The largest absolute Gasteiger partial charge is 0.393 e. The summed E-state index contributed by atoms with van der Waals surface area (Å²) in [6, 6.07) is 0. The third-order valence-electron chi connectivity index (χ3n) is 1.10. The summed E-state index contributed by atoms with van der Waals surface area (Å²) in [6.45, 7) is 4.61. The molecule has 0 aromatic heterocycles. The first kappa shape index (κ1) is 8.88. The van der Waals surface area contributed by atoms with E-state index < -0.39 is 5.60 Å². The Morgan fingerprint density at radius 1 is 1.56 bits per heavy atom. The molecule has 0 aromatic carbocycles. The van der Waals surface area contributed by atoms with Gasteiger partial charge in [-0.25, -0.2) is 0 Å². The zero-order valence-electron chi connectivity index (χ0n) is 6.02. The van der Waals surface area contributed by atoms with Gasteiger partial charge in [-0.05, 0) is 13.5 Å². The summed E-state index contributed by atoms with van der Waals surface area (Å²) >= 11 is 0. The van der Waals surface area contributed by atoms with Crippen molar-refractivity contribution >= 4 is 0 Å². The van der Waals surface area contributed by atoms with Crippen molar-refractivity contribution in [2.24, 2.45) is 0 Å². The molecule has 0 rings (SSSR count). The first-order valence-corrected chi connectivity index (χ1v) is 3.16. The van der Waals surface area contributed by atoms with Crippen LogP contribution < -0.4 is 5.32 Å². The van der Waals surface area contributed by atoms with Gasteiger partial charge in [-0.3, -0.25) is 0 Å². The van der Waals surface area contributed by atoms with Crippen LogP contribution >= 0.6 is 0 Å². The van der Waals surface area contributed by atoms with E-state index in [1.807, 2.05) is 6.92 Å². The van der Waals surface area contributed by atoms with Gasteiger partial charge in [0.1, 0.15) is 0 Å². The van der Waals surface area contributed by atoms with Crippen molar-refractivity contribution in [2.45, 2.75) is 19.4 Å². The van der Waals surface area contributed by atoms with Crippen LogP contribution in [0.1, 0.15) is 13.8 Å². The highest BCUT2D eigenvalue weighted by atomic mass is 16.3. The van der Waals surface area contributed by atoms with Crippen LogP contribution in [0.5, 0.6) is 0 Å². The number of hydrogen-bond donors (Lipinski definition) is 3. The number of rotatable bonds is 4. The maximum atomic E-state index is 9.14. The summed E-state index contributed by atoms with van der Waals surface area (Å²) < 4.78 is 0. The van der Waals surface area contributed by atoms with E-state index in [9.17, 15) is 0 Å². The molecule has 0 radical (unpaired) electrons. The van der Waals surface area contributed by atoms with E-state index in [1.165, 1.54) is 0 Å². The van der Waals surface area contributed by atoms with E-state index in [4.69, 9.17) is 10.2 Å². The molecule has 3 N–H and O–H groups in total. The van der Waals surface area contributed by atoms with E-state index in [2.05, 4.69) is 5.32 Å². The zero-order chi connectivity index (χ0) is 7.33. The van der Waals surface area contributed by atoms with Gasteiger partial charge in [0, 0.05) is 6.54 Å². The van der Waals surface area contributed by atoms with Crippen molar-refractivity contribution < 1.29 is 10.2 Å². The van der Waals surface area contributed by atoms with Crippen molar-refractivity contribution in [1.82, 2.24) is 5.32 Å². The predicted molar refractivity (Wildman–Crippen MR) is 36.3 cm³/mol. The molecule has 1 atom stereocenters. The Kier molecular flexibility index (Phi) is 3.77. The Balaban J connectivity index is 3.33. The second-order valence-electron chi connectivity index (χ2n) is 2.44. The van der Waals surface area contributed by atoms with Gasteiger partial charge in [0.25, 0.3) is 0 Å². The topological polar surface area (TPSA) is 52.5 Å². The summed E-state index contributed by atoms with van der Waals surface area (Å²) in [7, 11) is 0. The molecule has 0 saturated heterocycles. The molecular formula is C6H15NO2. The first-order chi connectivity index (χ1) is 4.12. The highest BCUT2D eigenvalue weighted by Crippen LogP contribution is 1.97. The summed E-state index contributed by atoms with van der Waals surface area (Å²) in [5.41, 5.74) is -0.962.